The van der Waals surface area contributed by atoms with Crippen molar-refractivity contribution in [3.05, 3.63) is 35.9 Å². The van der Waals surface area contributed by atoms with Gasteiger partial charge in [0.25, 0.3) is 0 Å². The molecule has 1 aliphatic carbocycles. The number of amides is 2. The van der Waals surface area contributed by atoms with Crippen molar-refractivity contribution in [2.75, 3.05) is 40.3 Å². The van der Waals surface area contributed by atoms with Crippen LogP contribution in [0.3, 0.4) is 0 Å². The molecule has 1 saturated carbocycles. The second kappa shape index (κ2) is 9.35. The molecule has 1 aromatic carbocycles. The highest BCUT2D eigenvalue weighted by atomic mass is 16.4. The summed E-state index contributed by atoms with van der Waals surface area (Å²) >= 11 is 0. The quantitative estimate of drug-likeness (QED) is 0.713. The zero-order valence-electron chi connectivity index (χ0n) is 18.2. The minimum absolute atomic E-state index is 0.0681. The molecule has 7 nitrogen and oxygen atoms in total. The highest BCUT2D eigenvalue weighted by Crippen LogP contribution is 2.38. The minimum Gasteiger partial charge on any atom is -0.481 e. The number of carboxylic acid groups (broad SMARTS) is 1. The van der Waals surface area contributed by atoms with Crippen molar-refractivity contribution in [3.63, 3.8) is 0 Å². The largest absolute Gasteiger partial charge is 0.481 e. The molecule has 0 radical (unpaired) electrons. The SMILES string of the molecule is CN(C)[C@@]1(c2ccccc2)CCCN(CCC(=O)O)C(=O)N(CC2(O)CCC2)CC1. The number of hydrogen-bond acceptors (Lipinski definition) is 4. The van der Waals surface area contributed by atoms with Crippen molar-refractivity contribution in [3.8, 4) is 0 Å². The van der Waals surface area contributed by atoms with E-state index in [2.05, 4.69) is 31.1 Å². The molecule has 2 fully saturated rings. The first-order valence-electron chi connectivity index (χ1n) is 11.0. The molecule has 0 bridgehead atoms. The summed E-state index contributed by atoms with van der Waals surface area (Å²) < 4.78 is 0. The van der Waals surface area contributed by atoms with Gasteiger partial charge in [-0.3, -0.25) is 9.69 Å². The Balaban J connectivity index is 1.89. The number of carboxylic acids is 1. The molecule has 1 heterocycles. The van der Waals surface area contributed by atoms with Crippen molar-refractivity contribution >= 4 is 12.0 Å². The van der Waals surface area contributed by atoms with Gasteiger partial charge in [-0.25, -0.2) is 4.79 Å². The van der Waals surface area contributed by atoms with E-state index in [9.17, 15) is 14.7 Å². The van der Waals surface area contributed by atoms with Crippen LogP contribution in [0, 0.1) is 0 Å². The van der Waals surface area contributed by atoms with E-state index in [4.69, 9.17) is 5.11 Å². The van der Waals surface area contributed by atoms with Gasteiger partial charge in [-0.2, -0.15) is 0 Å². The predicted molar refractivity (Wildman–Crippen MR) is 115 cm³/mol. The van der Waals surface area contributed by atoms with Crippen molar-refractivity contribution in [1.29, 1.82) is 0 Å². The van der Waals surface area contributed by atoms with Crippen LogP contribution in [0.25, 0.3) is 0 Å². The van der Waals surface area contributed by atoms with Gasteiger partial charge >= 0.3 is 12.0 Å². The zero-order valence-corrected chi connectivity index (χ0v) is 18.2. The molecule has 166 valence electrons. The Bertz CT molecular complexity index is 735. The van der Waals surface area contributed by atoms with Gasteiger partial charge in [0.05, 0.1) is 18.6 Å². The topological polar surface area (TPSA) is 84.3 Å². The molecule has 0 aromatic heterocycles. The third-order valence-electron chi connectivity index (χ3n) is 6.89. The second-order valence-electron chi connectivity index (χ2n) is 9.06. The lowest BCUT2D eigenvalue weighted by Crippen LogP contribution is -2.54. The van der Waals surface area contributed by atoms with E-state index in [1.165, 1.54) is 5.56 Å². The number of β-amino-alcohol motifs (C(OH)–C–C–N with tert-alkyl or cyclic N) is 1. The van der Waals surface area contributed by atoms with Gasteiger partial charge in [-0.05, 0) is 58.2 Å². The number of carbonyl (C=O) groups excluding carboxylic acids is 1. The standard InChI is InChI=1S/C23H35N3O4/c1-24(2)23(19-8-4-3-5-9-19)13-7-15-25(16-10-20(27)28)21(29)26(17-14-23)18-22(30)11-6-12-22/h3-5,8-9,30H,6-7,10-18H2,1-2H3,(H,27,28)/t23-/m0/s1. The van der Waals surface area contributed by atoms with Crippen LogP contribution >= 0.6 is 0 Å². The Hall–Kier alpha value is -2.12. The smallest absolute Gasteiger partial charge is 0.320 e. The van der Waals surface area contributed by atoms with Gasteiger partial charge in [0.15, 0.2) is 0 Å². The van der Waals surface area contributed by atoms with Crippen LogP contribution in [0.2, 0.25) is 0 Å². The van der Waals surface area contributed by atoms with E-state index < -0.39 is 11.6 Å². The Morgan fingerprint density at radius 2 is 1.73 bits per heavy atom. The van der Waals surface area contributed by atoms with Crippen LogP contribution in [0.5, 0.6) is 0 Å². The van der Waals surface area contributed by atoms with Gasteiger partial charge in [0.2, 0.25) is 0 Å². The van der Waals surface area contributed by atoms with Crippen molar-refractivity contribution in [1.82, 2.24) is 14.7 Å². The maximum absolute atomic E-state index is 13.3. The molecule has 0 spiro atoms. The zero-order chi connectivity index (χ0) is 21.8. The molecule has 2 N–H and O–H groups in total. The van der Waals surface area contributed by atoms with E-state index in [1.807, 2.05) is 18.2 Å². The number of benzene rings is 1. The maximum Gasteiger partial charge on any atom is 0.320 e. The summed E-state index contributed by atoms with van der Waals surface area (Å²) in [6.45, 7) is 1.55. The predicted octanol–water partition coefficient (Wildman–Crippen LogP) is 2.74. The lowest BCUT2D eigenvalue weighted by atomic mass is 9.79. The van der Waals surface area contributed by atoms with Crippen molar-refractivity contribution < 1.29 is 19.8 Å². The lowest BCUT2D eigenvalue weighted by molar-refractivity contribution is -0.137. The summed E-state index contributed by atoms with van der Waals surface area (Å²) in [4.78, 5) is 30.1. The minimum atomic E-state index is -0.904. The van der Waals surface area contributed by atoms with Crippen LogP contribution in [-0.2, 0) is 10.3 Å². The molecule has 2 aliphatic rings. The van der Waals surface area contributed by atoms with Gasteiger partial charge < -0.3 is 20.0 Å². The van der Waals surface area contributed by atoms with Gasteiger partial charge in [-0.15, -0.1) is 0 Å². The average molecular weight is 418 g/mol. The first-order valence-corrected chi connectivity index (χ1v) is 11.0. The molecule has 1 saturated heterocycles. The van der Waals surface area contributed by atoms with E-state index in [0.29, 0.717) is 32.5 Å². The summed E-state index contributed by atoms with van der Waals surface area (Å²) in [6, 6.07) is 10.2. The van der Waals surface area contributed by atoms with Gasteiger partial charge in [0.1, 0.15) is 0 Å². The normalized spacial score (nSPS) is 24.7. The number of aliphatic hydroxyl groups is 1. The molecule has 1 aliphatic heterocycles. The maximum atomic E-state index is 13.3. The van der Waals surface area contributed by atoms with Crippen LogP contribution in [-0.4, -0.2) is 82.8 Å². The summed E-state index contributed by atoms with van der Waals surface area (Å²) in [5.41, 5.74) is 0.198. The number of carbonyl (C=O) groups is 2. The third-order valence-corrected chi connectivity index (χ3v) is 6.89. The summed E-state index contributed by atoms with van der Waals surface area (Å²) in [7, 11) is 4.16. The molecular formula is C23H35N3O4. The first kappa shape index (κ1) is 22.6. The molecule has 7 heteroatoms. The highest BCUT2D eigenvalue weighted by Gasteiger charge is 2.41. The van der Waals surface area contributed by atoms with E-state index in [1.54, 1.807) is 9.80 Å². The van der Waals surface area contributed by atoms with E-state index >= 15 is 0 Å². The fraction of sp³-hybridized carbons (Fsp3) is 0.652. The molecule has 1 aromatic rings. The molecule has 0 unspecified atom stereocenters. The fourth-order valence-electron chi connectivity index (χ4n) is 4.82. The van der Waals surface area contributed by atoms with Crippen LogP contribution in [0.15, 0.2) is 30.3 Å². The molecule has 3 rings (SSSR count). The summed E-state index contributed by atoms with van der Waals surface area (Å²) in [5, 5.41) is 19.9. The highest BCUT2D eigenvalue weighted by molar-refractivity contribution is 5.75. The van der Waals surface area contributed by atoms with Crippen molar-refractivity contribution in [2.45, 2.75) is 56.1 Å². The number of aliphatic carboxylic acids is 1. The number of nitrogens with zero attached hydrogens (tertiary/aromatic N) is 3. The van der Waals surface area contributed by atoms with Gasteiger partial charge in [-0.1, -0.05) is 30.3 Å². The van der Waals surface area contributed by atoms with Crippen LogP contribution in [0.4, 0.5) is 4.79 Å². The molecule has 1 atom stereocenters. The second-order valence-corrected chi connectivity index (χ2v) is 9.06. The molecule has 2 amide bonds. The van der Waals surface area contributed by atoms with Crippen LogP contribution < -0.4 is 0 Å². The van der Waals surface area contributed by atoms with Crippen molar-refractivity contribution in [2.24, 2.45) is 0 Å². The number of rotatable bonds is 7. The van der Waals surface area contributed by atoms with E-state index in [-0.39, 0.29) is 24.5 Å². The molecule has 30 heavy (non-hydrogen) atoms. The Morgan fingerprint density at radius 3 is 2.30 bits per heavy atom. The Morgan fingerprint density at radius 1 is 1.03 bits per heavy atom. The average Bonchev–Trinajstić information content (AvgIpc) is 2.76. The van der Waals surface area contributed by atoms with E-state index in [0.717, 1.165) is 25.7 Å². The third kappa shape index (κ3) is 4.95. The monoisotopic (exact) mass is 417 g/mol. The number of hydrogen-bond donors (Lipinski definition) is 2. The number of urea groups is 1. The Labute approximate surface area is 179 Å². The fourth-order valence-corrected chi connectivity index (χ4v) is 4.82. The first-order chi connectivity index (χ1) is 14.3. The van der Waals surface area contributed by atoms with Gasteiger partial charge in [0, 0.05) is 25.2 Å². The lowest BCUT2D eigenvalue weighted by Gasteiger charge is -2.44. The molecular weight excluding hydrogens is 382 g/mol. The summed E-state index contributed by atoms with van der Waals surface area (Å²) in [5.74, 6) is -0.904. The summed E-state index contributed by atoms with van der Waals surface area (Å²) in [6.07, 6.45) is 4.76. The Kier molecular flexibility index (Phi) is 7.03. The van der Waals surface area contributed by atoms with Crippen LogP contribution in [0.1, 0.15) is 50.5 Å².